The largest absolute Gasteiger partial charge is 0.356 e. The molecule has 1 heterocycles. The molecule has 5 nitrogen and oxygen atoms in total. The molecule has 0 saturated carbocycles. The van der Waals surface area contributed by atoms with Crippen LogP contribution < -0.4 is 4.90 Å². The molecule has 1 fully saturated rings. The first-order valence-electron chi connectivity index (χ1n) is 5.79. The SMILES string of the molecule is O=CC1CCCCN1c1cc(Cl)ccc1[N+](=O)[O-]. The van der Waals surface area contributed by atoms with Crippen molar-refractivity contribution in [3.63, 3.8) is 0 Å². The number of benzene rings is 1. The lowest BCUT2D eigenvalue weighted by molar-refractivity contribution is -0.384. The lowest BCUT2D eigenvalue weighted by Gasteiger charge is -2.33. The van der Waals surface area contributed by atoms with Gasteiger partial charge in [-0.05, 0) is 31.4 Å². The molecular weight excluding hydrogens is 256 g/mol. The third kappa shape index (κ3) is 2.46. The highest BCUT2D eigenvalue weighted by atomic mass is 35.5. The van der Waals surface area contributed by atoms with Gasteiger partial charge in [-0.3, -0.25) is 10.1 Å². The van der Waals surface area contributed by atoms with Crippen molar-refractivity contribution in [2.24, 2.45) is 0 Å². The summed E-state index contributed by atoms with van der Waals surface area (Å²) >= 11 is 5.89. The summed E-state index contributed by atoms with van der Waals surface area (Å²) in [5, 5.41) is 11.5. The maximum atomic E-state index is 11.1. The van der Waals surface area contributed by atoms with Crippen LogP contribution in [0.1, 0.15) is 19.3 Å². The van der Waals surface area contributed by atoms with Crippen molar-refractivity contribution in [3.05, 3.63) is 33.3 Å². The van der Waals surface area contributed by atoms with Crippen LogP contribution in [0.3, 0.4) is 0 Å². The second-order valence-corrected chi connectivity index (χ2v) is 4.72. The predicted molar refractivity (Wildman–Crippen MR) is 69.2 cm³/mol. The zero-order chi connectivity index (χ0) is 13.1. The Morgan fingerprint density at radius 2 is 2.22 bits per heavy atom. The van der Waals surface area contributed by atoms with E-state index in [2.05, 4.69) is 0 Å². The van der Waals surface area contributed by atoms with Crippen LogP contribution >= 0.6 is 11.6 Å². The fraction of sp³-hybridized carbons (Fsp3) is 0.417. The first-order valence-corrected chi connectivity index (χ1v) is 6.17. The predicted octanol–water partition coefficient (Wildman–Crippen LogP) is 2.81. The Hall–Kier alpha value is -1.62. The third-order valence-electron chi connectivity index (χ3n) is 3.15. The molecule has 1 unspecified atom stereocenters. The standard InChI is InChI=1S/C12H13ClN2O3/c13-9-4-5-11(15(17)18)12(7-9)14-6-2-1-3-10(14)8-16/h4-5,7-8,10H,1-3,6H2. The van der Waals surface area contributed by atoms with Crippen molar-refractivity contribution in [1.82, 2.24) is 0 Å². The fourth-order valence-electron chi connectivity index (χ4n) is 2.28. The Labute approximate surface area is 109 Å². The quantitative estimate of drug-likeness (QED) is 0.480. The smallest absolute Gasteiger partial charge is 0.292 e. The van der Waals surface area contributed by atoms with Gasteiger partial charge in [-0.2, -0.15) is 0 Å². The van der Waals surface area contributed by atoms with Crippen molar-refractivity contribution in [2.75, 3.05) is 11.4 Å². The normalized spacial score (nSPS) is 19.6. The zero-order valence-corrected chi connectivity index (χ0v) is 10.5. The van der Waals surface area contributed by atoms with Gasteiger partial charge in [0.2, 0.25) is 0 Å². The summed E-state index contributed by atoms with van der Waals surface area (Å²) in [4.78, 5) is 23.4. The number of nitrogens with zero attached hydrogens (tertiary/aromatic N) is 2. The molecule has 6 heteroatoms. The molecule has 1 aliphatic heterocycles. The minimum absolute atomic E-state index is 0.00634. The van der Waals surface area contributed by atoms with E-state index in [0.29, 0.717) is 17.3 Å². The van der Waals surface area contributed by atoms with E-state index in [9.17, 15) is 14.9 Å². The van der Waals surface area contributed by atoms with Crippen LogP contribution in [-0.4, -0.2) is 23.8 Å². The molecule has 0 radical (unpaired) electrons. The highest BCUT2D eigenvalue weighted by Crippen LogP contribution is 2.34. The molecule has 18 heavy (non-hydrogen) atoms. The summed E-state index contributed by atoms with van der Waals surface area (Å²) in [7, 11) is 0. The Balaban J connectivity index is 2.44. The van der Waals surface area contributed by atoms with Crippen molar-refractivity contribution < 1.29 is 9.72 Å². The van der Waals surface area contributed by atoms with Gasteiger partial charge in [-0.15, -0.1) is 0 Å². The molecular formula is C12H13ClN2O3. The number of halogens is 1. The molecule has 0 N–H and O–H groups in total. The van der Waals surface area contributed by atoms with Crippen molar-refractivity contribution in [1.29, 1.82) is 0 Å². The van der Waals surface area contributed by atoms with Gasteiger partial charge in [0.1, 0.15) is 12.0 Å². The van der Waals surface area contributed by atoms with Crippen LogP contribution in [0, 0.1) is 10.1 Å². The van der Waals surface area contributed by atoms with E-state index < -0.39 is 4.92 Å². The Bertz CT molecular complexity index is 478. The Kier molecular flexibility index (Phi) is 3.81. The highest BCUT2D eigenvalue weighted by molar-refractivity contribution is 6.31. The average molecular weight is 269 g/mol. The summed E-state index contributed by atoms with van der Waals surface area (Å²) in [6, 6.07) is 4.13. The van der Waals surface area contributed by atoms with Gasteiger partial charge in [-0.25, -0.2) is 0 Å². The summed E-state index contributed by atoms with van der Waals surface area (Å²) in [6.07, 6.45) is 3.47. The topological polar surface area (TPSA) is 63.5 Å². The minimum atomic E-state index is -0.442. The van der Waals surface area contributed by atoms with Gasteiger partial charge in [0, 0.05) is 17.6 Å². The molecule has 0 aliphatic carbocycles. The second-order valence-electron chi connectivity index (χ2n) is 4.28. The van der Waals surface area contributed by atoms with E-state index in [0.717, 1.165) is 25.5 Å². The van der Waals surface area contributed by atoms with Crippen molar-refractivity contribution >= 4 is 29.3 Å². The van der Waals surface area contributed by atoms with Gasteiger partial charge in [-0.1, -0.05) is 11.6 Å². The number of anilines is 1. The van der Waals surface area contributed by atoms with E-state index in [-0.39, 0.29) is 11.7 Å². The minimum Gasteiger partial charge on any atom is -0.356 e. The molecule has 0 amide bonds. The van der Waals surface area contributed by atoms with Crippen LogP contribution in [0.2, 0.25) is 5.02 Å². The Morgan fingerprint density at radius 1 is 1.44 bits per heavy atom. The summed E-state index contributed by atoms with van der Waals surface area (Å²) in [5.74, 6) is 0. The van der Waals surface area contributed by atoms with Crippen molar-refractivity contribution in [2.45, 2.75) is 25.3 Å². The number of piperidine rings is 1. The molecule has 1 aromatic rings. The van der Waals surface area contributed by atoms with E-state index in [1.54, 1.807) is 11.0 Å². The number of hydrogen-bond donors (Lipinski definition) is 0. The van der Waals surface area contributed by atoms with Gasteiger partial charge < -0.3 is 9.69 Å². The maximum absolute atomic E-state index is 11.1. The molecule has 1 aromatic carbocycles. The molecule has 1 saturated heterocycles. The number of hydrogen-bond acceptors (Lipinski definition) is 4. The molecule has 1 aliphatic rings. The summed E-state index contributed by atoms with van der Waals surface area (Å²) in [5.41, 5.74) is 0.428. The molecule has 96 valence electrons. The van der Waals surface area contributed by atoms with Gasteiger partial charge in [0.15, 0.2) is 0 Å². The number of nitro benzene ring substituents is 1. The zero-order valence-electron chi connectivity index (χ0n) is 9.71. The van der Waals surface area contributed by atoms with Gasteiger partial charge in [0.25, 0.3) is 5.69 Å². The third-order valence-corrected chi connectivity index (χ3v) is 3.39. The first-order chi connectivity index (χ1) is 8.63. The number of aldehydes is 1. The lowest BCUT2D eigenvalue weighted by Crippen LogP contribution is -2.40. The maximum Gasteiger partial charge on any atom is 0.292 e. The summed E-state index contributed by atoms with van der Waals surface area (Å²) in [6.45, 7) is 0.643. The van der Waals surface area contributed by atoms with Crippen LogP contribution in [0.5, 0.6) is 0 Å². The van der Waals surface area contributed by atoms with E-state index in [4.69, 9.17) is 11.6 Å². The first kappa shape index (κ1) is 12.8. The van der Waals surface area contributed by atoms with E-state index in [1.807, 2.05) is 0 Å². The van der Waals surface area contributed by atoms with E-state index >= 15 is 0 Å². The van der Waals surface area contributed by atoms with Crippen molar-refractivity contribution in [3.8, 4) is 0 Å². The number of nitro groups is 1. The number of rotatable bonds is 3. The lowest BCUT2D eigenvalue weighted by atomic mass is 10.0. The van der Waals surface area contributed by atoms with Crippen LogP contribution in [0.25, 0.3) is 0 Å². The molecule has 0 aromatic heterocycles. The second kappa shape index (κ2) is 5.35. The number of carbonyl (C=O) groups excluding carboxylic acids is 1. The average Bonchev–Trinajstić information content (AvgIpc) is 2.38. The van der Waals surface area contributed by atoms with Crippen LogP contribution in [0.15, 0.2) is 18.2 Å². The van der Waals surface area contributed by atoms with Crippen LogP contribution in [-0.2, 0) is 4.79 Å². The van der Waals surface area contributed by atoms with E-state index in [1.165, 1.54) is 12.1 Å². The molecule has 2 rings (SSSR count). The Morgan fingerprint density at radius 3 is 2.89 bits per heavy atom. The fourth-order valence-corrected chi connectivity index (χ4v) is 2.45. The highest BCUT2D eigenvalue weighted by Gasteiger charge is 2.27. The number of carbonyl (C=O) groups is 1. The summed E-state index contributed by atoms with van der Waals surface area (Å²) < 4.78 is 0. The van der Waals surface area contributed by atoms with Gasteiger partial charge >= 0.3 is 0 Å². The molecule has 0 bridgehead atoms. The van der Waals surface area contributed by atoms with Gasteiger partial charge in [0.05, 0.1) is 11.0 Å². The van der Waals surface area contributed by atoms with Crippen LogP contribution in [0.4, 0.5) is 11.4 Å². The monoisotopic (exact) mass is 268 g/mol. The molecule has 1 atom stereocenters. The molecule has 0 spiro atoms.